The third-order valence-electron chi connectivity index (χ3n) is 6.49. The number of amides is 2. The minimum absolute atomic E-state index is 0. The van der Waals surface area contributed by atoms with E-state index >= 15 is 0 Å². The van der Waals surface area contributed by atoms with Crippen LogP contribution in [0.5, 0.6) is 0 Å². The Balaban J connectivity index is 0.00000272. The predicted molar refractivity (Wildman–Crippen MR) is 122 cm³/mol. The average molecular weight is 465 g/mol. The zero-order valence-corrected chi connectivity index (χ0v) is 18.6. The van der Waals surface area contributed by atoms with E-state index in [-0.39, 0.29) is 35.5 Å². The van der Waals surface area contributed by atoms with Crippen molar-refractivity contribution in [1.29, 1.82) is 0 Å². The summed E-state index contributed by atoms with van der Waals surface area (Å²) < 4.78 is 0. The van der Waals surface area contributed by atoms with Gasteiger partial charge in [0.05, 0.1) is 5.56 Å². The number of halogens is 2. The van der Waals surface area contributed by atoms with Gasteiger partial charge >= 0.3 is 12.0 Å². The third-order valence-corrected chi connectivity index (χ3v) is 6.73. The van der Waals surface area contributed by atoms with E-state index in [1.807, 2.05) is 23.1 Å². The molecule has 1 aromatic heterocycles. The van der Waals surface area contributed by atoms with Crippen molar-refractivity contribution in [2.75, 3.05) is 24.5 Å². The number of aromatic nitrogens is 1. The number of benzene rings is 1. The lowest BCUT2D eigenvalue weighted by Crippen LogP contribution is -2.47. The summed E-state index contributed by atoms with van der Waals surface area (Å²) in [5.74, 6) is -0.651. The molecule has 1 aliphatic heterocycles. The van der Waals surface area contributed by atoms with Crippen LogP contribution in [0.2, 0.25) is 5.02 Å². The number of pyridine rings is 1. The molecule has 31 heavy (non-hydrogen) atoms. The van der Waals surface area contributed by atoms with Crippen molar-refractivity contribution < 1.29 is 14.7 Å². The molecule has 4 rings (SSSR count). The first kappa shape index (κ1) is 23.3. The van der Waals surface area contributed by atoms with Crippen molar-refractivity contribution in [2.24, 2.45) is 5.73 Å². The number of nitrogens with two attached hydrogens (primary N) is 1. The molecule has 1 saturated heterocycles. The molecule has 7 nitrogen and oxygen atoms in total. The lowest BCUT2D eigenvalue weighted by atomic mass is 9.68. The number of urea groups is 1. The first-order valence-electron chi connectivity index (χ1n) is 10.2. The van der Waals surface area contributed by atoms with E-state index in [0.717, 1.165) is 25.7 Å². The number of anilines is 1. The molecule has 0 unspecified atom stereocenters. The molecule has 0 spiro atoms. The number of hydrogen-bond acceptors (Lipinski definition) is 4. The van der Waals surface area contributed by atoms with E-state index in [2.05, 4.69) is 11.1 Å². The molecule has 9 heteroatoms. The molecule has 2 fully saturated rings. The van der Waals surface area contributed by atoms with Gasteiger partial charge in [-0.15, -0.1) is 12.4 Å². The first-order valence-corrected chi connectivity index (χ1v) is 10.5. The fourth-order valence-corrected chi connectivity index (χ4v) is 4.89. The third kappa shape index (κ3) is 4.49. The first-order chi connectivity index (χ1) is 14.4. The van der Waals surface area contributed by atoms with Crippen molar-refractivity contribution in [3.63, 3.8) is 0 Å². The van der Waals surface area contributed by atoms with Crippen molar-refractivity contribution >= 4 is 41.8 Å². The molecule has 0 bridgehead atoms. The van der Waals surface area contributed by atoms with Gasteiger partial charge in [-0.3, -0.25) is 4.90 Å². The fraction of sp³-hybridized carbons (Fsp3) is 0.409. The normalized spacial score (nSPS) is 23.5. The monoisotopic (exact) mass is 464 g/mol. The zero-order valence-electron chi connectivity index (χ0n) is 17.0. The van der Waals surface area contributed by atoms with E-state index in [0.29, 0.717) is 30.5 Å². The van der Waals surface area contributed by atoms with E-state index in [1.165, 1.54) is 23.9 Å². The predicted octanol–water partition coefficient (Wildman–Crippen LogP) is 3.94. The van der Waals surface area contributed by atoms with Crippen LogP contribution in [-0.2, 0) is 5.41 Å². The highest BCUT2D eigenvalue weighted by Gasteiger charge is 2.41. The maximum atomic E-state index is 13.1. The maximum Gasteiger partial charge on any atom is 0.335 e. The standard InChI is InChI=1S/C22H25ClN4O3.ClH/c23-17-3-1-2-16(13-17)22(14-24)7-4-18(5-8-22)26-10-11-27(21(26)30)19-12-15(20(28)29)6-9-25-19;/h1-3,6,9,12-13,18H,4-5,7-8,10-11,14,24H2,(H,28,29);1H. The Hall–Kier alpha value is -2.35. The molecule has 1 aliphatic carbocycles. The molecule has 0 radical (unpaired) electrons. The fourth-order valence-electron chi connectivity index (χ4n) is 4.70. The van der Waals surface area contributed by atoms with E-state index < -0.39 is 5.97 Å². The molecular weight excluding hydrogens is 439 g/mol. The van der Waals surface area contributed by atoms with Gasteiger partial charge < -0.3 is 15.7 Å². The number of carboxylic acids is 1. The second kappa shape index (κ2) is 9.42. The minimum atomic E-state index is -1.03. The van der Waals surface area contributed by atoms with Crippen molar-refractivity contribution in [2.45, 2.75) is 37.1 Å². The van der Waals surface area contributed by atoms with E-state index in [4.69, 9.17) is 17.3 Å². The number of carbonyl (C=O) groups excluding carboxylic acids is 1. The van der Waals surface area contributed by atoms with Gasteiger partial charge in [-0.2, -0.15) is 0 Å². The number of carbonyl (C=O) groups is 2. The van der Waals surface area contributed by atoms with Crippen LogP contribution in [0.25, 0.3) is 0 Å². The van der Waals surface area contributed by atoms with Crippen LogP contribution in [0.4, 0.5) is 10.6 Å². The summed E-state index contributed by atoms with van der Waals surface area (Å²) >= 11 is 6.20. The van der Waals surface area contributed by atoms with Crippen LogP contribution >= 0.6 is 24.0 Å². The molecule has 1 aromatic carbocycles. The zero-order chi connectivity index (χ0) is 21.3. The minimum Gasteiger partial charge on any atom is -0.478 e. The van der Waals surface area contributed by atoms with Crippen LogP contribution < -0.4 is 10.6 Å². The molecule has 2 aliphatic rings. The van der Waals surface area contributed by atoms with Gasteiger partial charge in [0.1, 0.15) is 5.82 Å². The number of hydrogen-bond donors (Lipinski definition) is 2. The van der Waals surface area contributed by atoms with Gasteiger partial charge in [-0.25, -0.2) is 14.6 Å². The highest BCUT2D eigenvalue weighted by molar-refractivity contribution is 6.30. The van der Waals surface area contributed by atoms with Gasteiger partial charge in [0, 0.05) is 42.3 Å². The Morgan fingerprint density at radius 1 is 1.23 bits per heavy atom. The number of rotatable bonds is 5. The highest BCUT2D eigenvalue weighted by Crippen LogP contribution is 2.41. The molecule has 2 aromatic rings. The van der Waals surface area contributed by atoms with Crippen molar-refractivity contribution in [1.82, 2.24) is 9.88 Å². The summed E-state index contributed by atoms with van der Waals surface area (Å²) in [6.45, 7) is 1.66. The van der Waals surface area contributed by atoms with Gasteiger partial charge in [-0.05, 0) is 55.5 Å². The second-order valence-electron chi connectivity index (χ2n) is 8.06. The van der Waals surface area contributed by atoms with Gasteiger partial charge in [0.25, 0.3) is 0 Å². The lowest BCUT2D eigenvalue weighted by Gasteiger charge is -2.42. The SMILES string of the molecule is Cl.NCC1(c2cccc(Cl)c2)CCC(N2CCN(c3cc(C(=O)O)ccn3)C2=O)CC1. The van der Waals surface area contributed by atoms with E-state index in [1.54, 1.807) is 4.90 Å². The molecule has 2 amide bonds. The summed E-state index contributed by atoms with van der Waals surface area (Å²) in [6, 6.07) is 10.8. The Morgan fingerprint density at radius 2 is 1.97 bits per heavy atom. The molecule has 3 N–H and O–H groups in total. The molecule has 166 valence electrons. The molecule has 1 saturated carbocycles. The average Bonchev–Trinajstić information content (AvgIpc) is 3.15. The quantitative estimate of drug-likeness (QED) is 0.697. The van der Waals surface area contributed by atoms with Crippen LogP contribution in [0.1, 0.15) is 41.6 Å². The summed E-state index contributed by atoms with van der Waals surface area (Å²) in [5.41, 5.74) is 7.38. The molecule has 0 atom stereocenters. The lowest BCUT2D eigenvalue weighted by molar-refractivity contribution is 0.0696. The highest BCUT2D eigenvalue weighted by atomic mass is 35.5. The molecular formula is C22H26Cl2N4O3. The number of carboxylic acid groups (broad SMARTS) is 1. The van der Waals surface area contributed by atoms with Crippen LogP contribution in [-0.4, -0.2) is 52.7 Å². The Morgan fingerprint density at radius 3 is 2.61 bits per heavy atom. The van der Waals surface area contributed by atoms with Crippen molar-refractivity contribution in [3.05, 3.63) is 58.7 Å². The summed E-state index contributed by atoms with van der Waals surface area (Å²) in [4.78, 5) is 31.9. The topological polar surface area (TPSA) is 99.8 Å². The smallest absolute Gasteiger partial charge is 0.335 e. The summed E-state index contributed by atoms with van der Waals surface area (Å²) in [5, 5.41) is 9.91. The largest absolute Gasteiger partial charge is 0.478 e. The van der Waals surface area contributed by atoms with Gasteiger partial charge in [0.2, 0.25) is 0 Å². The van der Waals surface area contributed by atoms with Gasteiger partial charge in [-0.1, -0.05) is 23.7 Å². The Bertz CT molecular complexity index is 963. The van der Waals surface area contributed by atoms with Crippen LogP contribution in [0.3, 0.4) is 0 Å². The van der Waals surface area contributed by atoms with E-state index in [9.17, 15) is 14.7 Å². The van der Waals surface area contributed by atoms with Crippen LogP contribution in [0, 0.1) is 0 Å². The number of nitrogens with zero attached hydrogens (tertiary/aromatic N) is 3. The molecule has 2 heterocycles. The summed E-state index contributed by atoms with van der Waals surface area (Å²) in [7, 11) is 0. The Labute approximate surface area is 192 Å². The number of aromatic carboxylic acids is 1. The van der Waals surface area contributed by atoms with Gasteiger partial charge in [0.15, 0.2) is 0 Å². The van der Waals surface area contributed by atoms with Crippen molar-refractivity contribution in [3.8, 4) is 0 Å². The Kier molecular flexibility index (Phi) is 7.09. The maximum absolute atomic E-state index is 13.1. The van der Waals surface area contributed by atoms with Crippen LogP contribution in [0.15, 0.2) is 42.6 Å². The summed E-state index contributed by atoms with van der Waals surface area (Å²) in [6.07, 6.45) is 4.95. The second-order valence-corrected chi connectivity index (χ2v) is 8.50.